The van der Waals surface area contributed by atoms with Gasteiger partial charge in [-0.2, -0.15) is 5.26 Å². The minimum Gasteiger partial charge on any atom is -0.488 e. The molecule has 2 aromatic rings. The van der Waals surface area contributed by atoms with Crippen LogP contribution in [-0.2, 0) is 11.3 Å². The molecule has 21 heavy (non-hydrogen) atoms. The minimum absolute atomic E-state index is 0.0884. The SMILES string of the molecule is CC(COCc1ccccc1)Oc1cc(Br)cc(C#N)c1. The van der Waals surface area contributed by atoms with Crippen LogP contribution in [0.2, 0.25) is 0 Å². The summed E-state index contributed by atoms with van der Waals surface area (Å²) in [4.78, 5) is 0. The zero-order chi connectivity index (χ0) is 15.1. The number of hydrogen-bond donors (Lipinski definition) is 0. The van der Waals surface area contributed by atoms with Crippen LogP contribution >= 0.6 is 15.9 Å². The van der Waals surface area contributed by atoms with Gasteiger partial charge in [-0.15, -0.1) is 0 Å². The van der Waals surface area contributed by atoms with E-state index in [1.54, 1.807) is 12.1 Å². The van der Waals surface area contributed by atoms with Crippen LogP contribution < -0.4 is 4.74 Å². The number of ether oxygens (including phenoxy) is 2. The van der Waals surface area contributed by atoms with E-state index in [1.807, 2.05) is 43.3 Å². The lowest BCUT2D eigenvalue weighted by atomic mass is 10.2. The third-order valence-corrected chi connectivity index (χ3v) is 3.26. The van der Waals surface area contributed by atoms with Crippen LogP contribution in [0.5, 0.6) is 5.75 Å². The van der Waals surface area contributed by atoms with Gasteiger partial charge in [0.2, 0.25) is 0 Å². The Bertz CT molecular complexity index is 622. The van der Waals surface area contributed by atoms with Crippen LogP contribution in [0.4, 0.5) is 0 Å². The van der Waals surface area contributed by atoms with Gasteiger partial charge in [-0.05, 0) is 30.7 Å². The fourth-order valence-electron chi connectivity index (χ4n) is 1.88. The highest BCUT2D eigenvalue weighted by Crippen LogP contribution is 2.22. The molecule has 0 N–H and O–H groups in total. The molecule has 0 saturated heterocycles. The van der Waals surface area contributed by atoms with Gasteiger partial charge in [-0.25, -0.2) is 0 Å². The van der Waals surface area contributed by atoms with Crippen LogP contribution in [0.1, 0.15) is 18.1 Å². The van der Waals surface area contributed by atoms with E-state index in [4.69, 9.17) is 14.7 Å². The summed E-state index contributed by atoms with van der Waals surface area (Å²) in [5.41, 5.74) is 1.70. The highest BCUT2D eigenvalue weighted by atomic mass is 79.9. The molecule has 2 rings (SSSR count). The Morgan fingerprint density at radius 1 is 1.19 bits per heavy atom. The Labute approximate surface area is 133 Å². The van der Waals surface area contributed by atoms with E-state index in [0.29, 0.717) is 24.5 Å². The van der Waals surface area contributed by atoms with Gasteiger partial charge >= 0.3 is 0 Å². The summed E-state index contributed by atoms with van der Waals surface area (Å²) < 4.78 is 12.2. The van der Waals surface area contributed by atoms with Crippen LogP contribution in [0.3, 0.4) is 0 Å². The predicted octanol–water partition coefficient (Wildman–Crippen LogP) is 4.30. The summed E-state index contributed by atoms with van der Waals surface area (Å²) >= 11 is 3.36. The van der Waals surface area contributed by atoms with Gasteiger partial charge in [-0.3, -0.25) is 0 Å². The van der Waals surface area contributed by atoms with Gasteiger partial charge in [0.1, 0.15) is 11.9 Å². The first-order valence-electron chi connectivity index (χ1n) is 6.66. The molecule has 108 valence electrons. The normalized spacial score (nSPS) is 11.7. The average molecular weight is 346 g/mol. The highest BCUT2D eigenvalue weighted by molar-refractivity contribution is 9.10. The topological polar surface area (TPSA) is 42.2 Å². The average Bonchev–Trinajstić information content (AvgIpc) is 2.47. The fraction of sp³-hybridized carbons (Fsp3) is 0.235. The molecule has 0 amide bonds. The molecule has 2 aromatic carbocycles. The maximum Gasteiger partial charge on any atom is 0.122 e. The lowest BCUT2D eigenvalue weighted by Crippen LogP contribution is -2.19. The van der Waals surface area contributed by atoms with E-state index in [9.17, 15) is 0 Å². The number of nitriles is 1. The van der Waals surface area contributed by atoms with Crippen molar-refractivity contribution in [2.45, 2.75) is 19.6 Å². The number of nitrogens with zero attached hydrogens (tertiary/aromatic N) is 1. The molecule has 1 unspecified atom stereocenters. The van der Waals surface area contributed by atoms with Crippen molar-refractivity contribution < 1.29 is 9.47 Å². The molecule has 0 fully saturated rings. The summed E-state index contributed by atoms with van der Waals surface area (Å²) in [5, 5.41) is 8.94. The van der Waals surface area contributed by atoms with Crippen molar-refractivity contribution in [1.82, 2.24) is 0 Å². The van der Waals surface area contributed by atoms with Gasteiger partial charge in [0.15, 0.2) is 0 Å². The molecular weight excluding hydrogens is 330 g/mol. The molecular formula is C17H16BrNO2. The second-order valence-electron chi connectivity index (χ2n) is 4.72. The Morgan fingerprint density at radius 3 is 2.67 bits per heavy atom. The number of benzene rings is 2. The van der Waals surface area contributed by atoms with Gasteiger partial charge in [0.05, 0.1) is 24.8 Å². The van der Waals surface area contributed by atoms with Gasteiger partial charge in [0, 0.05) is 4.47 Å². The van der Waals surface area contributed by atoms with Crippen LogP contribution in [0, 0.1) is 11.3 Å². The van der Waals surface area contributed by atoms with E-state index in [1.165, 1.54) is 0 Å². The first-order chi connectivity index (χ1) is 10.2. The maximum atomic E-state index is 8.94. The Morgan fingerprint density at radius 2 is 1.95 bits per heavy atom. The van der Waals surface area contributed by atoms with Crippen molar-refractivity contribution in [3.8, 4) is 11.8 Å². The van der Waals surface area contributed by atoms with Crippen LogP contribution in [0.25, 0.3) is 0 Å². The van der Waals surface area contributed by atoms with E-state index in [-0.39, 0.29) is 6.10 Å². The predicted molar refractivity (Wildman–Crippen MR) is 85.0 cm³/mol. The van der Waals surface area contributed by atoms with Crippen LogP contribution in [0.15, 0.2) is 53.0 Å². The van der Waals surface area contributed by atoms with Crippen LogP contribution in [-0.4, -0.2) is 12.7 Å². The second kappa shape index (κ2) is 7.82. The number of hydrogen-bond acceptors (Lipinski definition) is 3. The van der Waals surface area contributed by atoms with Gasteiger partial charge in [-0.1, -0.05) is 46.3 Å². The van der Waals surface area contributed by atoms with Crippen molar-refractivity contribution in [2.75, 3.05) is 6.61 Å². The molecule has 0 saturated carbocycles. The zero-order valence-corrected chi connectivity index (χ0v) is 13.3. The summed E-state index contributed by atoms with van der Waals surface area (Å²) in [5.74, 6) is 0.664. The Hall–Kier alpha value is -1.83. The highest BCUT2D eigenvalue weighted by Gasteiger charge is 2.06. The van der Waals surface area contributed by atoms with Crippen molar-refractivity contribution >= 4 is 15.9 Å². The van der Waals surface area contributed by atoms with Crippen molar-refractivity contribution in [3.63, 3.8) is 0 Å². The lowest BCUT2D eigenvalue weighted by molar-refractivity contribution is 0.0492. The molecule has 0 aromatic heterocycles. The van der Waals surface area contributed by atoms with Gasteiger partial charge < -0.3 is 9.47 Å². The first kappa shape index (κ1) is 15.6. The molecule has 0 heterocycles. The molecule has 0 aliphatic rings. The van der Waals surface area contributed by atoms with E-state index < -0.39 is 0 Å². The second-order valence-corrected chi connectivity index (χ2v) is 5.63. The molecule has 1 atom stereocenters. The molecule has 0 spiro atoms. The smallest absolute Gasteiger partial charge is 0.122 e. The molecule has 4 heteroatoms. The largest absolute Gasteiger partial charge is 0.488 e. The third kappa shape index (κ3) is 5.22. The first-order valence-corrected chi connectivity index (χ1v) is 7.45. The maximum absolute atomic E-state index is 8.94. The molecule has 0 aliphatic heterocycles. The monoisotopic (exact) mass is 345 g/mol. The quantitative estimate of drug-likeness (QED) is 0.783. The van der Waals surface area contributed by atoms with Gasteiger partial charge in [0.25, 0.3) is 0 Å². The molecule has 0 bridgehead atoms. The molecule has 3 nitrogen and oxygen atoms in total. The van der Waals surface area contributed by atoms with E-state index in [0.717, 1.165) is 10.0 Å². The van der Waals surface area contributed by atoms with E-state index >= 15 is 0 Å². The fourth-order valence-corrected chi connectivity index (χ4v) is 2.35. The van der Waals surface area contributed by atoms with Crippen molar-refractivity contribution in [3.05, 3.63) is 64.1 Å². The molecule has 0 radical (unpaired) electrons. The Kier molecular flexibility index (Phi) is 5.79. The molecule has 0 aliphatic carbocycles. The third-order valence-electron chi connectivity index (χ3n) is 2.80. The van der Waals surface area contributed by atoms with Crippen molar-refractivity contribution in [1.29, 1.82) is 5.26 Å². The minimum atomic E-state index is -0.0884. The Balaban J connectivity index is 1.83. The summed E-state index contributed by atoms with van der Waals surface area (Å²) in [6, 6.07) is 17.4. The summed E-state index contributed by atoms with van der Waals surface area (Å²) in [7, 11) is 0. The zero-order valence-electron chi connectivity index (χ0n) is 11.8. The van der Waals surface area contributed by atoms with Crippen molar-refractivity contribution in [2.24, 2.45) is 0 Å². The standard InChI is InChI=1S/C17H16BrNO2/c1-13(11-20-12-14-5-3-2-4-6-14)21-17-8-15(10-19)7-16(18)9-17/h2-9,13H,11-12H2,1H3. The lowest BCUT2D eigenvalue weighted by Gasteiger charge is -2.15. The summed E-state index contributed by atoms with van der Waals surface area (Å²) in [6.45, 7) is 3.00. The number of halogens is 1. The summed E-state index contributed by atoms with van der Waals surface area (Å²) in [6.07, 6.45) is -0.0884. The number of rotatable bonds is 6. The van der Waals surface area contributed by atoms with E-state index in [2.05, 4.69) is 22.0 Å².